The molecule has 0 spiro atoms. The lowest BCUT2D eigenvalue weighted by Gasteiger charge is -2.35. The first kappa shape index (κ1) is 14.0. The van der Waals surface area contributed by atoms with Gasteiger partial charge >= 0.3 is 0 Å². The van der Waals surface area contributed by atoms with E-state index >= 15 is 0 Å². The molecule has 0 radical (unpaired) electrons. The van der Waals surface area contributed by atoms with Gasteiger partial charge in [0.2, 0.25) is 0 Å². The Labute approximate surface area is 115 Å². The summed E-state index contributed by atoms with van der Waals surface area (Å²) in [7, 11) is 0. The van der Waals surface area contributed by atoms with Crippen LogP contribution in [0, 0.1) is 0 Å². The average molecular weight is 271 g/mol. The van der Waals surface area contributed by atoms with Crippen molar-refractivity contribution in [3.05, 3.63) is 0 Å². The van der Waals surface area contributed by atoms with E-state index in [2.05, 4.69) is 22.5 Å². The molecule has 0 bridgehead atoms. The highest BCUT2D eigenvalue weighted by molar-refractivity contribution is 7.80. The summed E-state index contributed by atoms with van der Waals surface area (Å²) in [6.45, 7) is 7.14. The Bertz CT molecular complexity index is 275. The van der Waals surface area contributed by atoms with Gasteiger partial charge in [0.15, 0.2) is 5.11 Å². The van der Waals surface area contributed by atoms with E-state index in [1.807, 2.05) is 0 Å². The summed E-state index contributed by atoms with van der Waals surface area (Å²) in [4.78, 5) is 2.56. The molecule has 2 heterocycles. The normalized spacial score (nSPS) is 27.8. The molecule has 0 aliphatic carbocycles. The first-order valence-electron chi connectivity index (χ1n) is 7.17. The second kappa shape index (κ2) is 7.26. The smallest absolute Gasteiger partial charge is 0.166 e. The molecule has 2 fully saturated rings. The Morgan fingerprint density at radius 2 is 2.33 bits per heavy atom. The number of hydrogen-bond acceptors (Lipinski definition) is 3. The van der Waals surface area contributed by atoms with Crippen LogP contribution in [0.1, 0.15) is 32.6 Å². The molecule has 5 heteroatoms. The molecule has 104 valence electrons. The fourth-order valence-electron chi connectivity index (χ4n) is 2.66. The van der Waals surface area contributed by atoms with Gasteiger partial charge in [0.25, 0.3) is 0 Å². The molecule has 0 aromatic heterocycles. The molecular formula is C13H25N3OS. The van der Waals surface area contributed by atoms with Crippen LogP contribution in [0.2, 0.25) is 0 Å². The van der Waals surface area contributed by atoms with E-state index in [1.165, 1.54) is 25.8 Å². The summed E-state index contributed by atoms with van der Waals surface area (Å²) in [5.74, 6) is 0. The summed E-state index contributed by atoms with van der Waals surface area (Å²) in [6, 6.07) is 0.677. The summed E-state index contributed by atoms with van der Waals surface area (Å²) >= 11 is 5.24. The Kier molecular flexibility index (Phi) is 5.66. The van der Waals surface area contributed by atoms with Gasteiger partial charge in [-0.25, -0.2) is 0 Å². The van der Waals surface area contributed by atoms with Crippen molar-refractivity contribution in [2.45, 2.75) is 44.8 Å². The van der Waals surface area contributed by atoms with Gasteiger partial charge in [-0.3, -0.25) is 4.90 Å². The molecule has 0 aromatic carbocycles. The first-order chi connectivity index (χ1) is 8.79. The minimum Gasteiger partial charge on any atom is -0.373 e. The Hall–Kier alpha value is -0.390. The number of unbranched alkanes of at least 4 members (excludes halogenated alkanes) is 1. The second-order valence-corrected chi connectivity index (χ2v) is 5.64. The van der Waals surface area contributed by atoms with Crippen molar-refractivity contribution in [1.29, 1.82) is 0 Å². The number of fused-ring (bicyclic) bond motifs is 1. The van der Waals surface area contributed by atoms with Gasteiger partial charge in [-0.15, -0.1) is 0 Å². The predicted octanol–water partition coefficient (Wildman–Crippen LogP) is 1.11. The SMILES string of the molecule is CCCCNC(=S)NCC1CN2CCCC2CO1. The van der Waals surface area contributed by atoms with Crippen LogP contribution in [-0.4, -0.2) is 54.9 Å². The molecule has 2 atom stereocenters. The third-order valence-corrected chi connectivity index (χ3v) is 4.06. The summed E-state index contributed by atoms with van der Waals surface area (Å²) < 4.78 is 5.88. The third kappa shape index (κ3) is 4.07. The first-order valence-corrected chi connectivity index (χ1v) is 7.57. The Morgan fingerprint density at radius 3 is 3.17 bits per heavy atom. The molecule has 2 saturated heterocycles. The van der Waals surface area contributed by atoms with Crippen molar-refractivity contribution in [2.75, 3.05) is 32.8 Å². The molecule has 2 aliphatic rings. The van der Waals surface area contributed by atoms with E-state index < -0.39 is 0 Å². The van der Waals surface area contributed by atoms with Crippen molar-refractivity contribution in [3.63, 3.8) is 0 Å². The molecule has 0 saturated carbocycles. The van der Waals surface area contributed by atoms with Gasteiger partial charge in [0.05, 0.1) is 12.7 Å². The standard InChI is InChI=1S/C13H25N3OS/c1-2-3-6-14-13(18)15-8-12-9-16-7-4-5-11(16)10-17-12/h11-12H,2-10H2,1H3,(H2,14,15,18). The summed E-state index contributed by atoms with van der Waals surface area (Å²) in [5, 5.41) is 7.24. The molecule has 0 aromatic rings. The number of nitrogens with one attached hydrogen (secondary N) is 2. The van der Waals surface area contributed by atoms with Crippen molar-refractivity contribution in [1.82, 2.24) is 15.5 Å². The van der Waals surface area contributed by atoms with Gasteiger partial charge in [-0.05, 0) is 38.0 Å². The van der Waals surface area contributed by atoms with E-state index in [0.717, 1.165) is 37.8 Å². The van der Waals surface area contributed by atoms with Crippen LogP contribution in [0.25, 0.3) is 0 Å². The minimum atomic E-state index is 0.283. The van der Waals surface area contributed by atoms with Gasteiger partial charge in [-0.1, -0.05) is 13.3 Å². The van der Waals surface area contributed by atoms with Crippen molar-refractivity contribution >= 4 is 17.3 Å². The van der Waals surface area contributed by atoms with Crippen molar-refractivity contribution in [2.24, 2.45) is 0 Å². The zero-order chi connectivity index (χ0) is 12.8. The van der Waals surface area contributed by atoms with Crippen LogP contribution in [0.15, 0.2) is 0 Å². The maximum absolute atomic E-state index is 5.88. The molecule has 0 amide bonds. The molecule has 2 aliphatic heterocycles. The number of hydrogen-bond donors (Lipinski definition) is 2. The zero-order valence-corrected chi connectivity index (χ0v) is 12.1. The number of nitrogens with zero attached hydrogens (tertiary/aromatic N) is 1. The Balaban J connectivity index is 1.60. The number of ether oxygens (including phenoxy) is 1. The summed E-state index contributed by atoms with van der Waals surface area (Å²) in [6.07, 6.45) is 5.27. The van der Waals surface area contributed by atoms with Gasteiger partial charge < -0.3 is 15.4 Å². The lowest BCUT2D eigenvalue weighted by Crippen LogP contribution is -2.51. The van der Waals surface area contributed by atoms with Crippen LogP contribution in [0.3, 0.4) is 0 Å². The molecule has 2 N–H and O–H groups in total. The van der Waals surface area contributed by atoms with Crippen LogP contribution < -0.4 is 10.6 Å². The van der Waals surface area contributed by atoms with E-state index in [4.69, 9.17) is 17.0 Å². The number of morpholine rings is 1. The maximum Gasteiger partial charge on any atom is 0.166 e. The molecule has 2 unspecified atom stereocenters. The van der Waals surface area contributed by atoms with Crippen molar-refractivity contribution < 1.29 is 4.74 Å². The Morgan fingerprint density at radius 1 is 1.44 bits per heavy atom. The van der Waals surface area contributed by atoms with E-state index in [-0.39, 0.29) is 6.10 Å². The van der Waals surface area contributed by atoms with E-state index in [1.54, 1.807) is 0 Å². The van der Waals surface area contributed by atoms with Crippen LogP contribution in [0.5, 0.6) is 0 Å². The van der Waals surface area contributed by atoms with Gasteiger partial charge in [0, 0.05) is 25.7 Å². The monoisotopic (exact) mass is 271 g/mol. The predicted molar refractivity (Wildman–Crippen MR) is 77.8 cm³/mol. The van der Waals surface area contributed by atoms with Crippen molar-refractivity contribution in [3.8, 4) is 0 Å². The second-order valence-electron chi connectivity index (χ2n) is 5.24. The van der Waals surface area contributed by atoms with Gasteiger partial charge in [0.1, 0.15) is 0 Å². The quantitative estimate of drug-likeness (QED) is 0.579. The lowest BCUT2D eigenvalue weighted by atomic mass is 10.2. The van der Waals surface area contributed by atoms with Crippen LogP contribution in [-0.2, 0) is 4.74 Å². The lowest BCUT2D eigenvalue weighted by molar-refractivity contribution is -0.0452. The van der Waals surface area contributed by atoms with Gasteiger partial charge in [-0.2, -0.15) is 0 Å². The highest BCUT2D eigenvalue weighted by Crippen LogP contribution is 2.22. The van der Waals surface area contributed by atoms with Crippen LogP contribution >= 0.6 is 12.2 Å². The minimum absolute atomic E-state index is 0.283. The molecule has 18 heavy (non-hydrogen) atoms. The molecular weight excluding hydrogens is 246 g/mol. The molecule has 4 nitrogen and oxygen atoms in total. The molecule has 2 rings (SSSR count). The average Bonchev–Trinajstić information content (AvgIpc) is 2.84. The zero-order valence-electron chi connectivity index (χ0n) is 11.3. The third-order valence-electron chi connectivity index (χ3n) is 3.77. The fourth-order valence-corrected chi connectivity index (χ4v) is 2.84. The van der Waals surface area contributed by atoms with E-state index in [9.17, 15) is 0 Å². The highest BCUT2D eigenvalue weighted by Gasteiger charge is 2.31. The maximum atomic E-state index is 5.88. The topological polar surface area (TPSA) is 36.5 Å². The number of rotatable bonds is 5. The summed E-state index contributed by atoms with van der Waals surface area (Å²) in [5.41, 5.74) is 0. The highest BCUT2D eigenvalue weighted by atomic mass is 32.1. The van der Waals surface area contributed by atoms with Crippen LogP contribution in [0.4, 0.5) is 0 Å². The fraction of sp³-hybridized carbons (Fsp3) is 0.923. The largest absolute Gasteiger partial charge is 0.373 e. The number of thiocarbonyl (C=S) groups is 1. The van der Waals surface area contributed by atoms with E-state index in [0.29, 0.717) is 6.04 Å².